The molecule has 30 heavy (non-hydrogen) atoms. The quantitative estimate of drug-likeness (QED) is 0.446. The molecule has 4 amide bonds. The number of amides is 4. The number of carbonyl (C=O) groups excluding carboxylic acids is 3. The van der Waals surface area contributed by atoms with Crippen LogP contribution in [0.5, 0.6) is 0 Å². The van der Waals surface area contributed by atoms with E-state index in [2.05, 4.69) is 10.6 Å². The van der Waals surface area contributed by atoms with Gasteiger partial charge in [0.25, 0.3) is 11.6 Å². The molecule has 154 valence electrons. The number of nitrogens with zero attached hydrogens (tertiary/aromatic N) is 2. The zero-order chi connectivity index (χ0) is 21.5. The van der Waals surface area contributed by atoms with Crippen molar-refractivity contribution in [2.24, 2.45) is 0 Å². The number of aryl methyl sites for hydroxylation is 1. The van der Waals surface area contributed by atoms with Crippen molar-refractivity contribution in [1.82, 2.24) is 15.5 Å². The van der Waals surface area contributed by atoms with Gasteiger partial charge in [0.2, 0.25) is 5.91 Å². The molecule has 2 aromatic carbocycles. The number of imide groups is 1. The highest BCUT2D eigenvalue weighted by Gasteiger charge is 2.55. The Morgan fingerprint density at radius 1 is 1.27 bits per heavy atom. The van der Waals surface area contributed by atoms with Crippen molar-refractivity contribution in [3.63, 3.8) is 0 Å². The SMILES string of the molecule is CC(NC(=O)CN1C(=O)NC2(CCc3ccccc32)C1=O)c1cccc([N+](=O)[O-])c1. The molecule has 1 fully saturated rings. The minimum atomic E-state index is -1.11. The highest BCUT2D eigenvalue weighted by Crippen LogP contribution is 2.41. The van der Waals surface area contributed by atoms with Gasteiger partial charge in [-0.2, -0.15) is 0 Å². The largest absolute Gasteiger partial charge is 0.348 e. The van der Waals surface area contributed by atoms with Gasteiger partial charge in [0.05, 0.1) is 11.0 Å². The first-order valence-electron chi connectivity index (χ1n) is 9.58. The number of hydrogen-bond acceptors (Lipinski definition) is 5. The third kappa shape index (κ3) is 3.18. The number of benzene rings is 2. The van der Waals surface area contributed by atoms with E-state index >= 15 is 0 Å². The molecule has 0 radical (unpaired) electrons. The molecule has 1 saturated heterocycles. The summed E-state index contributed by atoms with van der Waals surface area (Å²) in [7, 11) is 0. The van der Waals surface area contributed by atoms with Gasteiger partial charge in [-0.05, 0) is 36.5 Å². The van der Waals surface area contributed by atoms with E-state index < -0.39 is 40.9 Å². The molecular formula is C21H20N4O5. The van der Waals surface area contributed by atoms with Gasteiger partial charge in [0, 0.05) is 12.1 Å². The van der Waals surface area contributed by atoms with Crippen LogP contribution >= 0.6 is 0 Å². The van der Waals surface area contributed by atoms with Crippen LogP contribution in [-0.4, -0.2) is 34.2 Å². The molecule has 2 aromatic rings. The van der Waals surface area contributed by atoms with E-state index in [0.29, 0.717) is 18.4 Å². The number of nitrogens with one attached hydrogen (secondary N) is 2. The van der Waals surface area contributed by atoms with Crippen LogP contribution in [0.15, 0.2) is 48.5 Å². The smallest absolute Gasteiger partial charge is 0.325 e. The monoisotopic (exact) mass is 408 g/mol. The zero-order valence-electron chi connectivity index (χ0n) is 16.3. The fourth-order valence-corrected chi connectivity index (χ4v) is 4.15. The highest BCUT2D eigenvalue weighted by molar-refractivity contribution is 6.09. The number of carbonyl (C=O) groups is 3. The molecule has 9 heteroatoms. The van der Waals surface area contributed by atoms with Gasteiger partial charge in [0.1, 0.15) is 12.1 Å². The number of fused-ring (bicyclic) bond motifs is 2. The maximum atomic E-state index is 13.1. The summed E-state index contributed by atoms with van der Waals surface area (Å²) in [5, 5.41) is 16.4. The Labute approximate surface area is 172 Å². The first-order valence-corrected chi connectivity index (χ1v) is 9.58. The van der Waals surface area contributed by atoms with Crippen molar-refractivity contribution in [1.29, 1.82) is 0 Å². The fourth-order valence-electron chi connectivity index (χ4n) is 4.15. The molecule has 4 rings (SSSR count). The summed E-state index contributed by atoms with van der Waals surface area (Å²) in [5.74, 6) is -0.962. The summed E-state index contributed by atoms with van der Waals surface area (Å²) >= 11 is 0. The minimum Gasteiger partial charge on any atom is -0.348 e. The molecular weight excluding hydrogens is 388 g/mol. The number of nitro groups is 1. The molecule has 9 nitrogen and oxygen atoms in total. The zero-order valence-corrected chi connectivity index (χ0v) is 16.3. The summed E-state index contributed by atoms with van der Waals surface area (Å²) in [6, 6.07) is 12.3. The Morgan fingerprint density at radius 3 is 2.80 bits per heavy atom. The van der Waals surface area contributed by atoms with Gasteiger partial charge in [-0.15, -0.1) is 0 Å². The summed E-state index contributed by atoms with van der Waals surface area (Å²) in [4.78, 5) is 49.5. The second kappa shape index (κ2) is 7.25. The topological polar surface area (TPSA) is 122 Å². The van der Waals surface area contributed by atoms with Crippen LogP contribution in [0.1, 0.15) is 36.1 Å². The third-order valence-electron chi connectivity index (χ3n) is 5.68. The normalized spacial score (nSPS) is 20.8. The van der Waals surface area contributed by atoms with E-state index in [1.807, 2.05) is 24.3 Å². The number of urea groups is 1. The molecule has 2 N–H and O–H groups in total. The lowest BCUT2D eigenvalue weighted by atomic mass is 9.92. The van der Waals surface area contributed by atoms with Gasteiger partial charge < -0.3 is 10.6 Å². The van der Waals surface area contributed by atoms with E-state index in [1.165, 1.54) is 18.2 Å². The molecule has 2 aliphatic rings. The fraction of sp³-hybridized carbons (Fsp3) is 0.286. The molecule has 0 aromatic heterocycles. The van der Waals surface area contributed by atoms with E-state index in [-0.39, 0.29) is 5.69 Å². The van der Waals surface area contributed by atoms with Gasteiger partial charge in [-0.25, -0.2) is 4.79 Å². The van der Waals surface area contributed by atoms with Crippen LogP contribution in [0, 0.1) is 10.1 Å². The molecule has 2 atom stereocenters. The maximum Gasteiger partial charge on any atom is 0.325 e. The predicted octanol–water partition coefficient (Wildman–Crippen LogP) is 2.17. The summed E-state index contributed by atoms with van der Waals surface area (Å²) in [6.07, 6.45) is 1.13. The van der Waals surface area contributed by atoms with Crippen LogP contribution in [0.2, 0.25) is 0 Å². The van der Waals surface area contributed by atoms with Crippen molar-refractivity contribution < 1.29 is 19.3 Å². The van der Waals surface area contributed by atoms with Gasteiger partial charge in [0.15, 0.2) is 0 Å². The maximum absolute atomic E-state index is 13.1. The Kier molecular flexibility index (Phi) is 4.73. The molecule has 1 aliphatic carbocycles. The molecule has 2 unspecified atom stereocenters. The Morgan fingerprint density at radius 2 is 2.03 bits per heavy atom. The van der Waals surface area contributed by atoms with E-state index in [9.17, 15) is 24.5 Å². The summed E-state index contributed by atoms with van der Waals surface area (Å²) in [5.41, 5.74) is 1.15. The standard InChI is InChI=1S/C21H20N4O5/c1-13(15-6-4-7-16(11-15)25(29)30)22-18(26)12-24-19(27)21(23-20(24)28)10-9-14-5-2-3-8-17(14)21/h2-8,11,13H,9-10,12H2,1H3,(H,22,26)(H,23,28). The summed E-state index contributed by atoms with van der Waals surface area (Å²) < 4.78 is 0. The van der Waals surface area contributed by atoms with Crippen LogP contribution in [0.25, 0.3) is 0 Å². The van der Waals surface area contributed by atoms with Crippen LogP contribution in [0.4, 0.5) is 10.5 Å². The Bertz CT molecular complexity index is 1070. The molecule has 0 saturated carbocycles. The lowest BCUT2D eigenvalue weighted by Gasteiger charge is -2.22. The highest BCUT2D eigenvalue weighted by atomic mass is 16.6. The van der Waals surface area contributed by atoms with Gasteiger partial charge in [-0.3, -0.25) is 24.6 Å². The van der Waals surface area contributed by atoms with Crippen LogP contribution < -0.4 is 10.6 Å². The van der Waals surface area contributed by atoms with Crippen molar-refractivity contribution in [2.45, 2.75) is 31.3 Å². The van der Waals surface area contributed by atoms with Crippen molar-refractivity contribution in [2.75, 3.05) is 6.54 Å². The van der Waals surface area contributed by atoms with E-state index in [0.717, 1.165) is 16.0 Å². The molecule has 1 heterocycles. The first-order chi connectivity index (χ1) is 14.3. The average molecular weight is 408 g/mol. The summed E-state index contributed by atoms with van der Waals surface area (Å²) in [6.45, 7) is 1.26. The predicted molar refractivity (Wildman–Crippen MR) is 106 cm³/mol. The first kappa shape index (κ1) is 19.6. The van der Waals surface area contributed by atoms with Gasteiger partial charge in [-0.1, -0.05) is 36.4 Å². The van der Waals surface area contributed by atoms with Crippen molar-refractivity contribution in [3.05, 3.63) is 75.3 Å². The number of nitro benzene ring substituents is 1. The molecule has 0 bridgehead atoms. The van der Waals surface area contributed by atoms with Crippen molar-refractivity contribution in [3.8, 4) is 0 Å². The van der Waals surface area contributed by atoms with E-state index in [4.69, 9.17) is 0 Å². The second-order valence-corrected chi connectivity index (χ2v) is 7.53. The third-order valence-corrected chi connectivity index (χ3v) is 5.68. The molecule has 1 aliphatic heterocycles. The van der Waals surface area contributed by atoms with Gasteiger partial charge >= 0.3 is 6.03 Å². The van der Waals surface area contributed by atoms with E-state index in [1.54, 1.807) is 13.0 Å². The lowest BCUT2D eigenvalue weighted by molar-refractivity contribution is -0.384. The number of hydrogen-bond donors (Lipinski definition) is 2. The van der Waals surface area contributed by atoms with Crippen LogP contribution in [-0.2, 0) is 21.5 Å². The second-order valence-electron chi connectivity index (χ2n) is 7.53. The average Bonchev–Trinajstić information content (AvgIpc) is 3.21. The van der Waals surface area contributed by atoms with Crippen LogP contribution in [0.3, 0.4) is 0 Å². The number of rotatable bonds is 5. The minimum absolute atomic E-state index is 0.0791. The Hall–Kier alpha value is -3.75. The van der Waals surface area contributed by atoms with Crippen molar-refractivity contribution >= 4 is 23.5 Å². The number of non-ortho nitro benzene ring substituents is 1. The lowest BCUT2D eigenvalue weighted by Crippen LogP contribution is -2.44. The molecule has 1 spiro atoms. The Balaban J connectivity index is 1.46.